The Bertz CT molecular complexity index is 202. The highest BCUT2D eigenvalue weighted by molar-refractivity contribution is 7.80. The van der Waals surface area contributed by atoms with Crippen LogP contribution < -0.4 is 0 Å². The molecule has 26 heavy (non-hydrogen) atoms. The molecule has 0 heterocycles. The van der Waals surface area contributed by atoms with Crippen molar-refractivity contribution in [1.82, 2.24) is 0 Å². The molecule has 0 aliphatic rings. The summed E-state index contributed by atoms with van der Waals surface area (Å²) in [6.07, 6.45) is 33.4. The van der Waals surface area contributed by atoms with Crippen LogP contribution in [0.4, 0.5) is 0 Å². The number of rotatable bonds is 23. The van der Waals surface area contributed by atoms with E-state index in [1.807, 2.05) is 0 Å². The van der Waals surface area contributed by atoms with Crippen LogP contribution in [0.25, 0.3) is 0 Å². The molecule has 0 amide bonds. The van der Waals surface area contributed by atoms with Gasteiger partial charge in [0.05, 0.1) is 0 Å². The predicted octanol–water partition coefficient (Wildman–Crippen LogP) is 10.2. The second-order valence-corrected chi connectivity index (χ2v) is 8.89. The zero-order valence-corrected chi connectivity index (χ0v) is 19.2. The minimum Gasteiger partial charge on any atom is -0.0942 e. The van der Waals surface area contributed by atoms with E-state index >= 15 is 0 Å². The molecule has 0 aliphatic heterocycles. The predicted molar refractivity (Wildman–Crippen MR) is 124 cm³/mol. The molecule has 0 spiro atoms. The fourth-order valence-electron chi connectivity index (χ4n) is 3.89. The van der Waals surface area contributed by atoms with Crippen molar-refractivity contribution in [3.63, 3.8) is 0 Å². The lowest BCUT2D eigenvalue weighted by atomic mass is 10.0. The van der Waals surface area contributed by atoms with Crippen molar-refractivity contribution < 1.29 is 0 Å². The summed E-state index contributed by atoms with van der Waals surface area (Å²) in [5.41, 5.74) is 0. The van der Waals surface area contributed by atoms with Gasteiger partial charge in [-0.3, -0.25) is 0 Å². The summed E-state index contributed by atoms with van der Waals surface area (Å²) in [4.78, 5) is 0. The minimum absolute atomic E-state index is 0.958. The molecule has 0 aliphatic carbocycles. The SMILES string of the molecule is CCCCCCCCCCCCCCCCCCCCCCCCC[S]. The van der Waals surface area contributed by atoms with E-state index in [9.17, 15) is 0 Å². The van der Waals surface area contributed by atoms with E-state index in [4.69, 9.17) is 12.6 Å². The van der Waals surface area contributed by atoms with Crippen molar-refractivity contribution >= 4 is 12.6 Å². The molecule has 0 aromatic rings. The third kappa shape index (κ3) is 24.4. The lowest BCUT2D eigenvalue weighted by molar-refractivity contribution is 0.519. The highest BCUT2D eigenvalue weighted by atomic mass is 32.1. The Morgan fingerprint density at radius 2 is 0.500 bits per heavy atom. The van der Waals surface area contributed by atoms with Crippen LogP contribution in [0.1, 0.15) is 155 Å². The third-order valence-corrected chi connectivity index (χ3v) is 6.04. The molecular formula is C25H51S. The normalized spacial score (nSPS) is 11.3. The van der Waals surface area contributed by atoms with Crippen LogP contribution in [0, 0.1) is 0 Å². The van der Waals surface area contributed by atoms with E-state index in [0.29, 0.717) is 0 Å². The van der Waals surface area contributed by atoms with Gasteiger partial charge < -0.3 is 0 Å². The molecule has 0 saturated carbocycles. The Morgan fingerprint density at radius 1 is 0.308 bits per heavy atom. The van der Waals surface area contributed by atoms with Crippen molar-refractivity contribution in [1.29, 1.82) is 0 Å². The van der Waals surface area contributed by atoms with Crippen LogP contribution in [-0.4, -0.2) is 5.75 Å². The molecule has 0 N–H and O–H groups in total. The molecule has 0 aromatic heterocycles. The molecule has 0 unspecified atom stereocenters. The Morgan fingerprint density at radius 3 is 0.692 bits per heavy atom. The molecule has 0 rings (SSSR count). The zero-order valence-electron chi connectivity index (χ0n) is 18.4. The molecule has 0 fully saturated rings. The second kappa shape index (κ2) is 25.4. The van der Waals surface area contributed by atoms with Gasteiger partial charge in [-0.05, 0) is 6.42 Å². The number of hydrogen-bond donors (Lipinski definition) is 0. The molecule has 1 heteroatoms. The Labute approximate surface area is 173 Å². The first-order valence-corrected chi connectivity index (χ1v) is 13.1. The lowest BCUT2D eigenvalue weighted by Gasteiger charge is -2.04. The van der Waals surface area contributed by atoms with E-state index in [2.05, 4.69) is 6.92 Å². The van der Waals surface area contributed by atoms with Crippen molar-refractivity contribution in [3.05, 3.63) is 0 Å². The van der Waals surface area contributed by atoms with E-state index in [1.165, 1.54) is 148 Å². The monoisotopic (exact) mass is 383 g/mol. The quantitative estimate of drug-likeness (QED) is 0.154. The van der Waals surface area contributed by atoms with Crippen LogP contribution in [0.2, 0.25) is 0 Å². The van der Waals surface area contributed by atoms with Gasteiger partial charge in [0.15, 0.2) is 0 Å². The van der Waals surface area contributed by atoms with Gasteiger partial charge in [-0.2, -0.15) is 0 Å². The van der Waals surface area contributed by atoms with E-state index < -0.39 is 0 Å². The van der Waals surface area contributed by atoms with E-state index in [1.54, 1.807) is 0 Å². The average molecular weight is 384 g/mol. The van der Waals surface area contributed by atoms with Gasteiger partial charge in [0.2, 0.25) is 0 Å². The molecule has 0 bridgehead atoms. The van der Waals surface area contributed by atoms with E-state index in [-0.39, 0.29) is 0 Å². The molecule has 1 radical (unpaired) electrons. The van der Waals surface area contributed by atoms with Crippen molar-refractivity contribution in [2.75, 3.05) is 5.75 Å². The summed E-state index contributed by atoms with van der Waals surface area (Å²) in [7, 11) is 0. The second-order valence-electron chi connectivity index (χ2n) is 8.48. The molecule has 0 aromatic carbocycles. The van der Waals surface area contributed by atoms with Gasteiger partial charge in [0.1, 0.15) is 0 Å². The maximum atomic E-state index is 4.98. The van der Waals surface area contributed by atoms with Gasteiger partial charge in [0, 0.05) is 5.75 Å². The smallest absolute Gasteiger partial charge is 0.00369 e. The van der Waals surface area contributed by atoms with Crippen LogP contribution in [0.5, 0.6) is 0 Å². The maximum Gasteiger partial charge on any atom is 0.00369 e. The fourth-order valence-corrected chi connectivity index (χ4v) is 4.09. The van der Waals surface area contributed by atoms with Crippen LogP contribution in [0.3, 0.4) is 0 Å². The molecular weight excluding hydrogens is 332 g/mol. The van der Waals surface area contributed by atoms with Crippen LogP contribution in [0.15, 0.2) is 0 Å². The summed E-state index contributed by atoms with van der Waals surface area (Å²) in [5.74, 6) is 0.958. The summed E-state index contributed by atoms with van der Waals surface area (Å²) in [5, 5.41) is 0. The minimum atomic E-state index is 0.958. The van der Waals surface area contributed by atoms with Crippen molar-refractivity contribution in [2.24, 2.45) is 0 Å². The van der Waals surface area contributed by atoms with Gasteiger partial charge in [-0.15, -0.1) is 0 Å². The zero-order chi connectivity index (χ0) is 19.0. The Hall–Kier alpha value is 0.350. The van der Waals surface area contributed by atoms with Crippen molar-refractivity contribution in [2.45, 2.75) is 155 Å². The van der Waals surface area contributed by atoms with E-state index in [0.717, 1.165) is 5.75 Å². The number of hydrogen-bond acceptors (Lipinski definition) is 0. The molecule has 157 valence electrons. The first kappa shape index (κ1) is 26.4. The van der Waals surface area contributed by atoms with Gasteiger partial charge in [-0.25, -0.2) is 0 Å². The fraction of sp³-hybridized carbons (Fsp3) is 1.00. The lowest BCUT2D eigenvalue weighted by Crippen LogP contribution is -1.84. The van der Waals surface area contributed by atoms with Gasteiger partial charge in [-0.1, -0.05) is 161 Å². The summed E-state index contributed by atoms with van der Waals surface area (Å²) < 4.78 is 0. The molecule has 0 atom stereocenters. The Balaban J connectivity index is 2.95. The largest absolute Gasteiger partial charge is 0.0942 e. The molecule has 0 saturated heterocycles. The van der Waals surface area contributed by atoms with Crippen LogP contribution >= 0.6 is 12.6 Å². The summed E-state index contributed by atoms with van der Waals surface area (Å²) >= 11 is 4.98. The highest BCUT2D eigenvalue weighted by Crippen LogP contribution is 2.15. The van der Waals surface area contributed by atoms with Crippen LogP contribution in [-0.2, 0) is 0 Å². The number of unbranched alkanes of at least 4 members (excludes halogenated alkanes) is 22. The first-order chi connectivity index (χ1) is 12.9. The average Bonchev–Trinajstić information content (AvgIpc) is 2.66. The maximum absolute atomic E-state index is 4.98. The van der Waals surface area contributed by atoms with Gasteiger partial charge in [0.25, 0.3) is 0 Å². The van der Waals surface area contributed by atoms with Crippen molar-refractivity contribution in [3.8, 4) is 0 Å². The Kier molecular flexibility index (Phi) is 25.7. The molecule has 0 nitrogen and oxygen atoms in total. The topological polar surface area (TPSA) is 0 Å². The highest BCUT2D eigenvalue weighted by Gasteiger charge is 1.95. The third-order valence-electron chi connectivity index (χ3n) is 5.75. The summed E-state index contributed by atoms with van der Waals surface area (Å²) in [6.45, 7) is 2.30. The van der Waals surface area contributed by atoms with Gasteiger partial charge >= 0.3 is 0 Å². The first-order valence-electron chi connectivity index (χ1n) is 12.5. The standard InChI is InChI=1S/C25H51S/c1-2-3-4-5-6-7-8-9-10-11-12-13-14-15-16-17-18-19-20-21-22-23-24-25-26/h2-25H2,1H3. The summed E-state index contributed by atoms with van der Waals surface area (Å²) in [6, 6.07) is 0.